The van der Waals surface area contributed by atoms with Crippen molar-refractivity contribution in [3.63, 3.8) is 0 Å². The molecule has 1 heterocycles. The van der Waals surface area contributed by atoms with Crippen LogP contribution in [0, 0.1) is 0 Å². The van der Waals surface area contributed by atoms with Gasteiger partial charge in [0.05, 0.1) is 11.3 Å². The number of anilines is 1. The van der Waals surface area contributed by atoms with Gasteiger partial charge in [-0.2, -0.15) is 0 Å². The number of nitrogens with zero attached hydrogens (tertiary/aromatic N) is 1. The van der Waals surface area contributed by atoms with Crippen molar-refractivity contribution >= 4 is 29.1 Å². The van der Waals surface area contributed by atoms with Gasteiger partial charge in [0.2, 0.25) is 5.91 Å². The van der Waals surface area contributed by atoms with Gasteiger partial charge in [-0.25, -0.2) is 0 Å². The maximum Gasteiger partial charge on any atom is 0.256 e. The molecule has 21 heavy (non-hydrogen) atoms. The van der Waals surface area contributed by atoms with Crippen LogP contribution >= 0.6 is 11.6 Å². The van der Waals surface area contributed by atoms with Crippen LogP contribution in [0.25, 0.3) is 0 Å². The molecular weight excluding hydrogens is 288 g/mol. The zero-order valence-electron chi connectivity index (χ0n) is 12.6. The van der Waals surface area contributed by atoms with Gasteiger partial charge < -0.3 is 10.2 Å². The molecule has 2 rings (SSSR count). The van der Waals surface area contributed by atoms with Crippen LogP contribution in [0.5, 0.6) is 0 Å². The molecule has 1 aliphatic heterocycles. The van der Waals surface area contributed by atoms with Gasteiger partial charge in [0, 0.05) is 23.5 Å². The van der Waals surface area contributed by atoms with E-state index >= 15 is 0 Å². The Morgan fingerprint density at radius 2 is 1.90 bits per heavy atom. The number of nitrogens with one attached hydrogen (secondary N) is 1. The number of hydrogen-bond acceptors (Lipinski definition) is 2. The van der Waals surface area contributed by atoms with Crippen LogP contribution in [0.4, 0.5) is 5.69 Å². The zero-order valence-corrected chi connectivity index (χ0v) is 13.4. The molecule has 1 aromatic carbocycles. The van der Waals surface area contributed by atoms with Crippen molar-refractivity contribution < 1.29 is 9.59 Å². The summed E-state index contributed by atoms with van der Waals surface area (Å²) >= 11 is 5.99. The predicted octanol–water partition coefficient (Wildman–Crippen LogP) is 3.70. The van der Waals surface area contributed by atoms with Gasteiger partial charge in [-0.15, -0.1) is 0 Å². The molecule has 2 atom stereocenters. The van der Waals surface area contributed by atoms with Crippen LogP contribution in [0.15, 0.2) is 18.2 Å². The van der Waals surface area contributed by atoms with E-state index in [2.05, 4.69) is 19.2 Å². The number of rotatable bonds is 3. The topological polar surface area (TPSA) is 49.4 Å². The third-order valence-electron chi connectivity index (χ3n) is 3.99. The number of hydrogen-bond donors (Lipinski definition) is 1. The predicted molar refractivity (Wildman–Crippen MR) is 84.7 cm³/mol. The zero-order chi connectivity index (χ0) is 15.6. The van der Waals surface area contributed by atoms with E-state index in [9.17, 15) is 9.59 Å². The van der Waals surface area contributed by atoms with Gasteiger partial charge in [-0.3, -0.25) is 9.59 Å². The Hall–Kier alpha value is -1.55. The third-order valence-corrected chi connectivity index (χ3v) is 4.23. The molecule has 4 nitrogen and oxygen atoms in total. The highest BCUT2D eigenvalue weighted by Crippen LogP contribution is 2.29. The molecule has 1 aliphatic rings. The minimum Gasteiger partial charge on any atom is -0.333 e. The van der Waals surface area contributed by atoms with Crippen molar-refractivity contribution in [2.24, 2.45) is 0 Å². The fourth-order valence-corrected chi connectivity index (χ4v) is 2.95. The summed E-state index contributed by atoms with van der Waals surface area (Å²) in [4.78, 5) is 26.3. The Balaban J connectivity index is 2.34. The number of benzene rings is 1. The van der Waals surface area contributed by atoms with E-state index in [0.717, 1.165) is 12.8 Å². The fourth-order valence-electron chi connectivity index (χ4n) is 2.78. The number of carbonyl (C=O) groups excluding carboxylic acids is 2. The first-order chi connectivity index (χ1) is 9.93. The second-order valence-electron chi connectivity index (χ2n) is 5.58. The van der Waals surface area contributed by atoms with Crippen LogP contribution < -0.4 is 5.32 Å². The molecule has 0 aliphatic carbocycles. The van der Waals surface area contributed by atoms with E-state index in [1.807, 2.05) is 4.90 Å². The summed E-state index contributed by atoms with van der Waals surface area (Å²) in [6, 6.07) is 5.44. The van der Waals surface area contributed by atoms with E-state index < -0.39 is 0 Å². The van der Waals surface area contributed by atoms with Crippen LogP contribution in [-0.2, 0) is 4.79 Å². The van der Waals surface area contributed by atoms with Crippen LogP contribution in [0.1, 0.15) is 50.4 Å². The highest BCUT2D eigenvalue weighted by Gasteiger charge is 2.33. The quantitative estimate of drug-likeness (QED) is 0.925. The first-order valence-corrected chi connectivity index (χ1v) is 7.74. The monoisotopic (exact) mass is 308 g/mol. The van der Waals surface area contributed by atoms with Gasteiger partial charge >= 0.3 is 0 Å². The molecule has 0 saturated carbocycles. The first kappa shape index (κ1) is 15.8. The van der Waals surface area contributed by atoms with Crippen molar-refractivity contribution in [3.05, 3.63) is 28.8 Å². The Morgan fingerprint density at radius 3 is 2.48 bits per heavy atom. The molecule has 1 fully saturated rings. The lowest BCUT2D eigenvalue weighted by atomic mass is 10.1. The standard InChI is InChI=1S/C16H21ClN2O2/c1-4-15(20)18-14-9-12(17)7-8-13(14)16(21)19-10(2)5-6-11(19)3/h7-11H,4-6H2,1-3H3,(H,18,20)/t10-,11-/m1/s1. The maximum absolute atomic E-state index is 12.8. The smallest absolute Gasteiger partial charge is 0.256 e. The molecule has 1 N–H and O–H groups in total. The largest absolute Gasteiger partial charge is 0.333 e. The summed E-state index contributed by atoms with van der Waals surface area (Å²) in [7, 11) is 0. The lowest BCUT2D eigenvalue weighted by Crippen LogP contribution is -2.39. The summed E-state index contributed by atoms with van der Waals surface area (Å²) < 4.78 is 0. The number of likely N-dealkylation sites (tertiary alicyclic amines) is 1. The summed E-state index contributed by atoms with van der Waals surface area (Å²) in [6.07, 6.45) is 2.38. The molecule has 5 heteroatoms. The molecule has 0 bridgehead atoms. The van der Waals surface area contributed by atoms with E-state index in [1.165, 1.54) is 0 Å². The molecule has 114 valence electrons. The molecular formula is C16H21ClN2O2. The Kier molecular flexibility index (Phi) is 4.88. The van der Waals surface area contributed by atoms with Crippen molar-refractivity contribution in [1.82, 2.24) is 4.90 Å². The van der Waals surface area contributed by atoms with Crippen LogP contribution in [-0.4, -0.2) is 28.8 Å². The Morgan fingerprint density at radius 1 is 1.29 bits per heavy atom. The number of amides is 2. The molecule has 1 saturated heterocycles. The van der Waals surface area contributed by atoms with Crippen molar-refractivity contribution in [1.29, 1.82) is 0 Å². The van der Waals surface area contributed by atoms with Gasteiger partial charge in [-0.05, 0) is 44.9 Å². The SMILES string of the molecule is CCC(=O)Nc1cc(Cl)ccc1C(=O)N1[C@H](C)CC[C@H]1C. The minimum absolute atomic E-state index is 0.0458. The summed E-state index contributed by atoms with van der Waals surface area (Å²) in [6.45, 7) is 5.88. The highest BCUT2D eigenvalue weighted by atomic mass is 35.5. The van der Waals surface area contributed by atoms with Crippen molar-refractivity contribution in [3.8, 4) is 0 Å². The van der Waals surface area contributed by atoms with E-state index in [4.69, 9.17) is 11.6 Å². The summed E-state index contributed by atoms with van der Waals surface area (Å²) in [5.41, 5.74) is 0.993. The van der Waals surface area contributed by atoms with Crippen LogP contribution in [0.2, 0.25) is 5.02 Å². The molecule has 0 radical (unpaired) electrons. The third kappa shape index (κ3) is 3.38. The fraction of sp³-hybridized carbons (Fsp3) is 0.500. The second-order valence-corrected chi connectivity index (χ2v) is 6.02. The van der Waals surface area contributed by atoms with E-state index in [1.54, 1.807) is 25.1 Å². The average molecular weight is 309 g/mol. The average Bonchev–Trinajstić information content (AvgIpc) is 2.77. The first-order valence-electron chi connectivity index (χ1n) is 7.36. The Labute approximate surface area is 130 Å². The number of halogens is 1. The molecule has 2 amide bonds. The van der Waals surface area contributed by atoms with Crippen molar-refractivity contribution in [2.45, 2.75) is 52.1 Å². The molecule has 1 aromatic rings. The Bertz CT molecular complexity index is 549. The summed E-state index contributed by atoms with van der Waals surface area (Å²) in [5, 5.41) is 3.26. The maximum atomic E-state index is 12.8. The number of carbonyl (C=O) groups is 2. The van der Waals surface area contributed by atoms with E-state index in [0.29, 0.717) is 22.7 Å². The lowest BCUT2D eigenvalue weighted by molar-refractivity contribution is -0.115. The van der Waals surface area contributed by atoms with Gasteiger partial charge in [0.25, 0.3) is 5.91 Å². The van der Waals surface area contributed by atoms with Crippen molar-refractivity contribution in [2.75, 3.05) is 5.32 Å². The molecule has 0 spiro atoms. The lowest BCUT2D eigenvalue weighted by Gasteiger charge is -2.27. The van der Waals surface area contributed by atoms with Gasteiger partial charge in [0.1, 0.15) is 0 Å². The second kappa shape index (κ2) is 6.48. The van der Waals surface area contributed by atoms with Gasteiger partial charge in [-0.1, -0.05) is 18.5 Å². The normalized spacial score (nSPS) is 21.4. The van der Waals surface area contributed by atoms with Gasteiger partial charge in [0.15, 0.2) is 0 Å². The van der Waals surface area contributed by atoms with E-state index in [-0.39, 0.29) is 23.9 Å². The molecule has 0 aromatic heterocycles. The highest BCUT2D eigenvalue weighted by molar-refractivity contribution is 6.31. The van der Waals surface area contributed by atoms with Crippen LogP contribution in [0.3, 0.4) is 0 Å². The summed E-state index contributed by atoms with van der Waals surface area (Å²) in [5.74, 6) is -0.176. The minimum atomic E-state index is -0.131. The molecule has 0 unspecified atom stereocenters.